The molecule has 0 saturated heterocycles. The molecule has 1 aromatic carbocycles. The van der Waals surface area contributed by atoms with Gasteiger partial charge in [-0.15, -0.1) is 0 Å². The van der Waals surface area contributed by atoms with Crippen LogP contribution in [0.15, 0.2) is 18.2 Å². The van der Waals surface area contributed by atoms with Gasteiger partial charge in [0.2, 0.25) is 1.43 Å². The minimum Gasteiger partial charge on any atom is -0.494 e. The highest BCUT2D eigenvalue weighted by Crippen LogP contribution is 2.62. The summed E-state index contributed by atoms with van der Waals surface area (Å²) in [5.41, 5.74) is -3.66. The molecule has 6 atom stereocenters. The Morgan fingerprint density at radius 3 is 2.29 bits per heavy atom. The molecule has 17 heteroatoms. The number of likely N-dealkylation sites (N-methyl/N-ethyl adjacent to an activating group) is 1. The molecular formula is C39H58F9NO5S2. The number of halogens is 9. The van der Waals surface area contributed by atoms with Gasteiger partial charge in [0, 0.05) is 42.7 Å². The van der Waals surface area contributed by atoms with Crippen molar-refractivity contribution in [3.8, 4) is 5.75 Å². The van der Waals surface area contributed by atoms with Crippen molar-refractivity contribution in [3.05, 3.63) is 29.3 Å². The van der Waals surface area contributed by atoms with Crippen LogP contribution in [-0.4, -0.2) is 110 Å². The van der Waals surface area contributed by atoms with Crippen LogP contribution in [0.25, 0.3) is 0 Å². The SMILES string of the molecule is [2H]OCC(CO)CCCCSSC(C)(C)CCOc1ccc2c(c1)CCC1C2CC[C@@]2(C)C1CC[C@@H]2OCCN(C)CCOC(C(F)(F)F)(C(F)(F)F)C(F)(F)F. The number of fused-ring (bicyclic) bond motifs is 5. The molecule has 0 aromatic heterocycles. The van der Waals surface area contributed by atoms with Gasteiger partial charge in [0.15, 0.2) is 0 Å². The summed E-state index contributed by atoms with van der Waals surface area (Å²) < 4.78 is 142. The Bertz CT molecular complexity index is 1370. The summed E-state index contributed by atoms with van der Waals surface area (Å²) in [6.45, 7) is 5.79. The Morgan fingerprint density at radius 2 is 1.62 bits per heavy atom. The number of nitrogens with zero attached hydrogens (tertiary/aromatic N) is 1. The first kappa shape index (κ1) is 46.0. The van der Waals surface area contributed by atoms with Gasteiger partial charge in [-0.05, 0) is 125 Å². The Morgan fingerprint density at radius 1 is 0.929 bits per heavy atom. The Balaban J connectivity index is 1.20. The summed E-state index contributed by atoms with van der Waals surface area (Å²) in [5.74, 6) is 3.25. The van der Waals surface area contributed by atoms with Crippen LogP contribution >= 0.6 is 21.6 Å². The number of aryl methyl sites for hydroxylation is 1. The van der Waals surface area contributed by atoms with Crippen molar-refractivity contribution in [1.82, 2.24) is 4.90 Å². The summed E-state index contributed by atoms with van der Waals surface area (Å²) in [4.78, 5) is 1.30. The van der Waals surface area contributed by atoms with E-state index >= 15 is 0 Å². The van der Waals surface area contributed by atoms with E-state index in [-0.39, 0.29) is 48.5 Å². The maximum Gasteiger partial charge on any atom is 0.435 e. The number of aliphatic hydroxyl groups excluding tert-OH is 2. The Hall–Kier alpha value is -1.11. The number of unbranched alkanes of at least 4 members (excludes halogenated alkanes) is 1. The largest absolute Gasteiger partial charge is 0.494 e. The molecule has 2 saturated carbocycles. The molecule has 0 radical (unpaired) electrons. The highest BCUT2D eigenvalue weighted by atomic mass is 33.1. The molecule has 56 heavy (non-hydrogen) atoms. The minimum atomic E-state index is -6.75. The molecule has 324 valence electrons. The van der Waals surface area contributed by atoms with Gasteiger partial charge in [-0.25, -0.2) is 0 Å². The first-order valence-corrected chi connectivity index (χ1v) is 21.8. The van der Waals surface area contributed by atoms with Gasteiger partial charge >= 0.3 is 24.1 Å². The van der Waals surface area contributed by atoms with Crippen LogP contribution in [0.2, 0.25) is 0 Å². The van der Waals surface area contributed by atoms with Gasteiger partial charge in [0.05, 0.1) is 25.9 Å². The average molecular weight is 857 g/mol. The van der Waals surface area contributed by atoms with Crippen molar-refractivity contribution in [2.45, 2.75) is 126 Å². The number of rotatable bonds is 22. The van der Waals surface area contributed by atoms with Crippen LogP contribution < -0.4 is 4.74 Å². The van der Waals surface area contributed by atoms with Crippen LogP contribution in [0.3, 0.4) is 0 Å². The van der Waals surface area contributed by atoms with Crippen molar-refractivity contribution in [1.29, 1.82) is 1.43 Å². The van der Waals surface area contributed by atoms with Gasteiger partial charge < -0.3 is 29.3 Å². The molecule has 2 N–H and O–H groups in total. The monoisotopic (exact) mass is 856 g/mol. The Labute approximate surface area is 334 Å². The fourth-order valence-electron chi connectivity index (χ4n) is 8.90. The number of ether oxygens (including phenoxy) is 3. The molecule has 0 amide bonds. The maximum absolute atomic E-state index is 13.2. The van der Waals surface area contributed by atoms with E-state index in [4.69, 9.17) is 10.9 Å². The molecule has 3 aliphatic rings. The third-order valence-corrected chi connectivity index (χ3v) is 15.7. The molecule has 0 spiro atoms. The Kier molecular flexibility index (Phi) is 16.0. The molecule has 3 aliphatic carbocycles. The molecule has 1 aromatic rings. The van der Waals surface area contributed by atoms with Crippen LogP contribution in [-0.2, 0) is 15.9 Å². The highest BCUT2D eigenvalue weighted by molar-refractivity contribution is 8.77. The van der Waals surface area contributed by atoms with Crippen molar-refractivity contribution in [2.75, 3.05) is 58.9 Å². The van der Waals surface area contributed by atoms with E-state index in [1.807, 2.05) is 21.6 Å². The molecule has 0 aliphatic heterocycles. The fraction of sp³-hybridized carbons (Fsp3) is 0.846. The van der Waals surface area contributed by atoms with Crippen LogP contribution in [0, 0.1) is 23.2 Å². The van der Waals surface area contributed by atoms with E-state index < -0.39 is 37.3 Å². The normalized spacial score (nSPS) is 25.4. The minimum absolute atomic E-state index is 0.0243. The van der Waals surface area contributed by atoms with Crippen LogP contribution in [0.4, 0.5) is 39.5 Å². The second kappa shape index (κ2) is 19.5. The van der Waals surface area contributed by atoms with E-state index in [0.717, 1.165) is 75.7 Å². The molecule has 4 unspecified atom stereocenters. The average Bonchev–Trinajstić information content (AvgIpc) is 3.45. The van der Waals surface area contributed by atoms with Crippen molar-refractivity contribution in [2.24, 2.45) is 23.2 Å². The van der Waals surface area contributed by atoms with Crippen LogP contribution in [0.1, 0.15) is 95.6 Å². The zero-order chi connectivity index (χ0) is 42.3. The van der Waals surface area contributed by atoms with E-state index in [0.29, 0.717) is 24.4 Å². The van der Waals surface area contributed by atoms with Gasteiger partial charge in [-0.3, -0.25) is 0 Å². The van der Waals surface area contributed by atoms with Crippen molar-refractivity contribution >= 4 is 21.6 Å². The quantitative estimate of drug-likeness (QED) is 0.0679. The van der Waals surface area contributed by atoms with Gasteiger partial charge in [-0.1, -0.05) is 41.0 Å². The lowest BCUT2D eigenvalue weighted by molar-refractivity contribution is -0.457. The second-order valence-electron chi connectivity index (χ2n) is 16.6. The highest BCUT2D eigenvalue weighted by Gasteiger charge is 2.85. The van der Waals surface area contributed by atoms with Crippen molar-refractivity contribution in [3.63, 3.8) is 0 Å². The maximum atomic E-state index is 13.2. The number of hydrogen-bond acceptors (Lipinski definition) is 8. The molecule has 6 nitrogen and oxygen atoms in total. The van der Waals surface area contributed by atoms with Gasteiger partial charge in [0.1, 0.15) is 5.75 Å². The molecule has 0 bridgehead atoms. The summed E-state index contributed by atoms with van der Waals surface area (Å²) in [6, 6.07) is 6.49. The smallest absolute Gasteiger partial charge is 0.435 e. The summed E-state index contributed by atoms with van der Waals surface area (Å²) in [7, 11) is 5.10. The van der Waals surface area contributed by atoms with Gasteiger partial charge in [0.25, 0.3) is 0 Å². The first-order valence-electron chi connectivity index (χ1n) is 19.9. The summed E-state index contributed by atoms with van der Waals surface area (Å²) in [5, 5.41) is 13.7. The number of alkyl halides is 9. The second-order valence-corrected chi connectivity index (χ2v) is 19.7. The van der Waals surface area contributed by atoms with Crippen molar-refractivity contribution < 1.29 is 63.9 Å². The zero-order valence-corrected chi connectivity index (χ0v) is 34.2. The topological polar surface area (TPSA) is 71.4 Å². The number of hydrogen-bond donors (Lipinski definition) is 2. The lowest BCUT2D eigenvalue weighted by Crippen LogP contribution is -2.68. The predicted octanol–water partition coefficient (Wildman–Crippen LogP) is 10.0. The fourth-order valence-corrected chi connectivity index (χ4v) is 11.6. The van der Waals surface area contributed by atoms with Crippen LogP contribution in [0.5, 0.6) is 5.75 Å². The number of benzene rings is 1. The molecule has 0 heterocycles. The third-order valence-electron chi connectivity index (χ3n) is 12.2. The van der Waals surface area contributed by atoms with E-state index in [1.54, 1.807) is 0 Å². The van der Waals surface area contributed by atoms with Gasteiger partial charge in [-0.2, -0.15) is 39.5 Å². The molecule has 4 rings (SSSR count). The third kappa shape index (κ3) is 11.2. The zero-order valence-electron chi connectivity index (χ0n) is 33.6. The molecule has 2 fully saturated rings. The van der Waals surface area contributed by atoms with E-state index in [9.17, 15) is 44.6 Å². The number of aliphatic hydroxyl groups is 2. The lowest BCUT2D eigenvalue weighted by Gasteiger charge is -2.50. The predicted molar refractivity (Wildman–Crippen MR) is 201 cm³/mol. The van der Waals surface area contributed by atoms with E-state index in [1.165, 1.54) is 23.1 Å². The first-order chi connectivity index (χ1) is 26.6. The summed E-state index contributed by atoms with van der Waals surface area (Å²) in [6.07, 6.45) is -10.8. The van der Waals surface area contributed by atoms with E-state index in [2.05, 4.69) is 48.8 Å². The molecular weight excluding hydrogens is 798 g/mol. The lowest BCUT2D eigenvalue weighted by atomic mass is 9.55. The standard InChI is InChI=1S/C39H58F9NO5S2/c1-34(2,56-55-22-6-5-7-26(24-50)25-51)16-19-52-28-9-11-29-27(23-28)8-10-31-30(29)14-15-35(3)32(31)12-13-33(35)53-20-17-49(4)18-21-54-36(37(40,41)42,38(43,44)45)39(46,47)48/h9,11,23,26,30-33,50-51H,5-8,10,12-22,24-25H2,1-4H3/t30?,31?,32?,33-,35-/m0/s1/i50D/t26?,30?,31?,32?,33-,35-. The summed E-state index contributed by atoms with van der Waals surface area (Å²) >= 11 is 0.